The van der Waals surface area contributed by atoms with Crippen molar-refractivity contribution in [2.24, 2.45) is 0 Å². The predicted octanol–water partition coefficient (Wildman–Crippen LogP) is 4.36. The summed E-state index contributed by atoms with van der Waals surface area (Å²) in [5, 5.41) is 5.13. The molecule has 0 saturated carbocycles. The highest BCUT2D eigenvalue weighted by Crippen LogP contribution is 2.24. The lowest BCUT2D eigenvalue weighted by atomic mass is 10.00. The Bertz CT molecular complexity index is 756. The highest BCUT2D eigenvalue weighted by molar-refractivity contribution is 7.13. The molecule has 3 rings (SSSR count). The molecule has 0 bridgehead atoms. The number of hydrogen-bond donors (Lipinski definition) is 1. The number of hydrogen-bond acceptors (Lipinski definition) is 3. The number of anilines is 1. The van der Waals surface area contributed by atoms with Gasteiger partial charge in [-0.25, -0.2) is 4.98 Å². The maximum atomic E-state index is 5.63. The molecule has 0 fully saturated rings. The van der Waals surface area contributed by atoms with Gasteiger partial charge in [-0.2, -0.15) is 0 Å². The van der Waals surface area contributed by atoms with Crippen LogP contribution in [-0.2, 0) is 0 Å². The van der Waals surface area contributed by atoms with Gasteiger partial charge in [-0.15, -0.1) is 11.3 Å². The highest BCUT2D eigenvalue weighted by atomic mass is 32.1. The molecular weight excluding hydrogens is 252 g/mol. The molecular formula is C16H14N2S. The third-order valence-corrected chi connectivity index (χ3v) is 3.84. The second kappa shape index (κ2) is 4.86. The Morgan fingerprint density at radius 1 is 1.05 bits per heavy atom. The summed E-state index contributed by atoms with van der Waals surface area (Å²) in [6, 6.07) is 12.7. The minimum Gasteiger partial charge on any atom is -0.375 e. The van der Waals surface area contributed by atoms with Gasteiger partial charge in [0.1, 0.15) is 0 Å². The van der Waals surface area contributed by atoms with Gasteiger partial charge in [-0.3, -0.25) is 0 Å². The van der Waals surface area contributed by atoms with E-state index in [1.54, 1.807) is 0 Å². The normalized spacial score (nSPS) is 11.4. The second-order valence-corrected chi connectivity index (χ2v) is 5.35. The molecule has 2 aromatic carbocycles. The number of thiazole rings is 1. The zero-order chi connectivity index (χ0) is 13.2. The van der Waals surface area contributed by atoms with Gasteiger partial charge >= 0.3 is 0 Å². The molecule has 0 unspecified atom stereocenters. The molecule has 19 heavy (non-hydrogen) atoms. The first-order valence-corrected chi connectivity index (χ1v) is 6.99. The van der Waals surface area contributed by atoms with Crippen molar-refractivity contribution < 1.29 is 0 Å². The molecule has 3 heteroatoms. The summed E-state index contributed by atoms with van der Waals surface area (Å²) in [5.74, 6) is 0. The molecule has 0 spiro atoms. The van der Waals surface area contributed by atoms with Gasteiger partial charge in [-0.05, 0) is 34.9 Å². The van der Waals surface area contributed by atoms with Gasteiger partial charge in [0, 0.05) is 5.38 Å². The van der Waals surface area contributed by atoms with Crippen molar-refractivity contribution in [3.05, 3.63) is 58.6 Å². The number of benzene rings is 2. The van der Waals surface area contributed by atoms with E-state index in [4.69, 9.17) is 5.73 Å². The molecule has 0 atom stereocenters. The van der Waals surface area contributed by atoms with Crippen molar-refractivity contribution in [3.63, 3.8) is 0 Å². The Hall–Kier alpha value is -2.13. The van der Waals surface area contributed by atoms with E-state index in [0.29, 0.717) is 5.13 Å². The van der Waals surface area contributed by atoms with E-state index >= 15 is 0 Å². The van der Waals surface area contributed by atoms with Crippen LogP contribution in [0.4, 0.5) is 5.13 Å². The van der Waals surface area contributed by atoms with Crippen LogP contribution < -0.4 is 5.73 Å². The Balaban J connectivity index is 2.06. The number of nitrogens with two attached hydrogens (primary N) is 1. The lowest BCUT2D eigenvalue weighted by Gasteiger charge is -2.05. The van der Waals surface area contributed by atoms with Crippen molar-refractivity contribution in [3.8, 4) is 0 Å². The predicted molar refractivity (Wildman–Crippen MR) is 84.1 cm³/mol. The lowest BCUT2D eigenvalue weighted by Crippen LogP contribution is -1.83. The summed E-state index contributed by atoms with van der Waals surface area (Å²) in [5.41, 5.74) is 9.04. The monoisotopic (exact) mass is 266 g/mol. The van der Waals surface area contributed by atoms with Gasteiger partial charge in [0.25, 0.3) is 0 Å². The number of aromatic nitrogens is 1. The van der Waals surface area contributed by atoms with Crippen LogP contribution in [0.5, 0.6) is 0 Å². The topological polar surface area (TPSA) is 38.9 Å². The van der Waals surface area contributed by atoms with Crippen molar-refractivity contribution in [1.82, 2.24) is 4.98 Å². The summed E-state index contributed by atoms with van der Waals surface area (Å²) >= 11 is 1.46. The third-order valence-electron chi connectivity index (χ3n) is 3.15. The van der Waals surface area contributed by atoms with Crippen LogP contribution in [0.2, 0.25) is 0 Å². The molecule has 0 aliphatic carbocycles. The van der Waals surface area contributed by atoms with Crippen LogP contribution in [0.3, 0.4) is 0 Å². The maximum Gasteiger partial charge on any atom is 0.180 e. The van der Waals surface area contributed by atoms with Gasteiger partial charge in [-0.1, -0.05) is 42.5 Å². The van der Waals surface area contributed by atoms with Crippen LogP contribution in [0.1, 0.15) is 16.8 Å². The Morgan fingerprint density at radius 3 is 2.58 bits per heavy atom. The highest BCUT2D eigenvalue weighted by Gasteiger charge is 2.00. The van der Waals surface area contributed by atoms with Crippen LogP contribution in [0.25, 0.3) is 22.9 Å². The fourth-order valence-electron chi connectivity index (χ4n) is 2.17. The number of rotatable bonds is 2. The molecule has 94 valence electrons. The van der Waals surface area contributed by atoms with Gasteiger partial charge in [0.15, 0.2) is 5.13 Å². The van der Waals surface area contributed by atoms with Gasteiger partial charge in [0.05, 0.1) is 5.69 Å². The summed E-state index contributed by atoms with van der Waals surface area (Å²) in [6.07, 6.45) is 4.10. The average Bonchev–Trinajstić information content (AvgIpc) is 2.84. The maximum absolute atomic E-state index is 5.63. The molecule has 0 saturated heterocycles. The largest absolute Gasteiger partial charge is 0.375 e. The summed E-state index contributed by atoms with van der Waals surface area (Å²) < 4.78 is 0. The summed E-state index contributed by atoms with van der Waals surface area (Å²) in [4.78, 5) is 4.23. The number of nitrogen functional groups attached to an aromatic ring is 1. The SMILES string of the molecule is Cc1ccc(C=Cc2csc(N)n2)c2ccccc12. The Morgan fingerprint density at radius 2 is 1.84 bits per heavy atom. The van der Waals surface area contributed by atoms with Gasteiger partial charge in [0.2, 0.25) is 0 Å². The molecule has 0 radical (unpaired) electrons. The zero-order valence-corrected chi connectivity index (χ0v) is 11.4. The molecule has 1 aromatic heterocycles. The molecule has 2 nitrogen and oxygen atoms in total. The minimum absolute atomic E-state index is 0.605. The molecule has 0 aliphatic rings. The Labute approximate surface area is 116 Å². The fourth-order valence-corrected chi connectivity index (χ4v) is 2.70. The first-order chi connectivity index (χ1) is 9.24. The molecule has 0 amide bonds. The molecule has 2 N–H and O–H groups in total. The van der Waals surface area contributed by atoms with E-state index in [1.807, 2.05) is 11.5 Å². The van der Waals surface area contributed by atoms with Crippen LogP contribution in [-0.4, -0.2) is 4.98 Å². The van der Waals surface area contributed by atoms with Crippen LogP contribution >= 0.6 is 11.3 Å². The molecule has 0 aliphatic heterocycles. The first kappa shape index (κ1) is 11.9. The quantitative estimate of drug-likeness (QED) is 0.748. The van der Waals surface area contributed by atoms with Gasteiger partial charge < -0.3 is 5.73 Å². The summed E-state index contributed by atoms with van der Waals surface area (Å²) in [6.45, 7) is 2.14. The second-order valence-electron chi connectivity index (χ2n) is 4.46. The number of nitrogens with zero attached hydrogens (tertiary/aromatic N) is 1. The zero-order valence-electron chi connectivity index (χ0n) is 10.6. The van der Waals surface area contributed by atoms with E-state index in [0.717, 1.165) is 5.69 Å². The minimum atomic E-state index is 0.605. The van der Waals surface area contributed by atoms with Crippen molar-refractivity contribution in [2.75, 3.05) is 5.73 Å². The third kappa shape index (κ3) is 2.37. The van der Waals surface area contributed by atoms with E-state index in [1.165, 1.54) is 33.2 Å². The molecule has 1 heterocycles. The average molecular weight is 266 g/mol. The standard InChI is InChI=1S/C16H14N2S/c1-11-6-7-12(15-5-3-2-4-14(11)15)8-9-13-10-19-16(17)18-13/h2-10H,1H3,(H2,17,18). The fraction of sp³-hybridized carbons (Fsp3) is 0.0625. The summed E-state index contributed by atoms with van der Waals surface area (Å²) in [7, 11) is 0. The van der Waals surface area contributed by atoms with Crippen LogP contribution in [0, 0.1) is 6.92 Å². The number of aryl methyl sites for hydroxylation is 1. The smallest absolute Gasteiger partial charge is 0.180 e. The molecule has 3 aromatic rings. The van der Waals surface area contributed by atoms with Crippen molar-refractivity contribution in [2.45, 2.75) is 6.92 Å². The van der Waals surface area contributed by atoms with Crippen LogP contribution in [0.15, 0.2) is 41.8 Å². The van der Waals surface area contributed by atoms with E-state index < -0.39 is 0 Å². The van der Waals surface area contributed by atoms with E-state index in [2.05, 4.69) is 54.4 Å². The Kier molecular flexibility index (Phi) is 3.05. The van der Waals surface area contributed by atoms with Crippen molar-refractivity contribution in [1.29, 1.82) is 0 Å². The lowest BCUT2D eigenvalue weighted by molar-refractivity contribution is 1.39. The van der Waals surface area contributed by atoms with E-state index in [9.17, 15) is 0 Å². The number of fused-ring (bicyclic) bond motifs is 1. The first-order valence-electron chi connectivity index (χ1n) is 6.11. The van der Waals surface area contributed by atoms with Crippen molar-refractivity contribution >= 4 is 39.4 Å². The van der Waals surface area contributed by atoms with E-state index in [-0.39, 0.29) is 0 Å².